The van der Waals surface area contributed by atoms with E-state index in [1.165, 1.54) is 16.7 Å². The fraction of sp³-hybridized carbons (Fsp3) is 0.0417. The largest absolute Gasteiger partial charge is 0.478 e. The van der Waals surface area contributed by atoms with Crippen LogP contribution in [0.5, 0.6) is 0 Å². The van der Waals surface area contributed by atoms with Gasteiger partial charge in [0.2, 0.25) is 0 Å². The van der Waals surface area contributed by atoms with Crippen LogP contribution < -0.4 is 5.56 Å². The number of nitrogens with zero attached hydrogens (tertiary/aromatic N) is 2. The first-order valence-corrected chi connectivity index (χ1v) is 10.3. The maximum Gasteiger partial charge on any atom is 0.335 e. The molecular formula is C24H17IN2O3. The number of aromatic nitrogens is 2. The number of carbonyl (C=O) groups is 1. The van der Waals surface area contributed by atoms with Gasteiger partial charge in [0.1, 0.15) is 5.82 Å². The summed E-state index contributed by atoms with van der Waals surface area (Å²) < 4.78 is 2.45. The lowest BCUT2D eigenvalue weighted by molar-refractivity contribution is 0.0697. The van der Waals surface area contributed by atoms with Crippen molar-refractivity contribution in [3.05, 3.63) is 103 Å². The fourth-order valence-electron chi connectivity index (χ4n) is 3.23. The molecule has 0 aliphatic heterocycles. The molecule has 0 fully saturated rings. The Balaban J connectivity index is 1.94. The van der Waals surface area contributed by atoms with Crippen molar-refractivity contribution in [2.75, 3.05) is 0 Å². The van der Waals surface area contributed by atoms with E-state index in [2.05, 4.69) is 22.6 Å². The van der Waals surface area contributed by atoms with Gasteiger partial charge in [0.25, 0.3) is 5.56 Å². The fourth-order valence-corrected chi connectivity index (χ4v) is 3.72. The van der Waals surface area contributed by atoms with Crippen LogP contribution in [0.2, 0.25) is 0 Å². The Morgan fingerprint density at radius 1 is 1.03 bits per heavy atom. The molecule has 0 saturated heterocycles. The second-order valence-electron chi connectivity index (χ2n) is 6.81. The van der Waals surface area contributed by atoms with Crippen molar-refractivity contribution in [1.29, 1.82) is 0 Å². The summed E-state index contributed by atoms with van der Waals surface area (Å²) in [4.78, 5) is 29.3. The summed E-state index contributed by atoms with van der Waals surface area (Å²) in [6.45, 7) is 2.02. The third-order valence-corrected chi connectivity index (χ3v) is 5.50. The van der Waals surface area contributed by atoms with Gasteiger partial charge in [-0.3, -0.25) is 9.36 Å². The number of hydrogen-bond donors (Lipinski definition) is 1. The molecule has 1 heterocycles. The molecule has 1 aromatic heterocycles. The van der Waals surface area contributed by atoms with E-state index < -0.39 is 5.97 Å². The minimum Gasteiger partial charge on any atom is -0.478 e. The van der Waals surface area contributed by atoms with Crippen LogP contribution in [0.15, 0.2) is 71.5 Å². The van der Waals surface area contributed by atoms with Gasteiger partial charge in [0.05, 0.1) is 22.2 Å². The Labute approximate surface area is 186 Å². The van der Waals surface area contributed by atoms with Gasteiger partial charge in [-0.2, -0.15) is 0 Å². The molecule has 0 radical (unpaired) electrons. The standard InChI is InChI=1S/C24H17IN2O3/c1-15-4-2-3-5-16(15)8-13-22-26-21-12-9-18(25)14-20(21)23(28)27(22)19-10-6-17(7-11-19)24(29)30/h2-14H,1H3,(H,29,30). The summed E-state index contributed by atoms with van der Waals surface area (Å²) in [5, 5.41) is 9.68. The Morgan fingerprint density at radius 2 is 1.77 bits per heavy atom. The minimum atomic E-state index is -1.01. The van der Waals surface area contributed by atoms with Crippen LogP contribution in [0.3, 0.4) is 0 Å². The van der Waals surface area contributed by atoms with Crippen LogP contribution in [-0.2, 0) is 0 Å². The van der Waals surface area contributed by atoms with Crippen molar-refractivity contribution in [2.24, 2.45) is 0 Å². The number of carboxylic acid groups (broad SMARTS) is 1. The number of benzene rings is 3. The van der Waals surface area contributed by atoms with E-state index in [4.69, 9.17) is 4.98 Å². The second-order valence-corrected chi connectivity index (χ2v) is 8.06. The number of aryl methyl sites for hydroxylation is 1. The number of fused-ring (bicyclic) bond motifs is 1. The van der Waals surface area contributed by atoms with E-state index >= 15 is 0 Å². The van der Waals surface area contributed by atoms with Crippen molar-refractivity contribution >= 4 is 51.6 Å². The zero-order chi connectivity index (χ0) is 21.3. The normalized spacial score (nSPS) is 11.3. The summed E-state index contributed by atoms with van der Waals surface area (Å²) in [5.41, 5.74) is 3.27. The van der Waals surface area contributed by atoms with E-state index in [1.54, 1.807) is 12.1 Å². The molecule has 0 unspecified atom stereocenters. The van der Waals surface area contributed by atoms with E-state index in [0.29, 0.717) is 22.4 Å². The monoisotopic (exact) mass is 508 g/mol. The number of halogens is 1. The molecule has 6 heteroatoms. The van der Waals surface area contributed by atoms with E-state index in [9.17, 15) is 14.7 Å². The zero-order valence-corrected chi connectivity index (χ0v) is 18.2. The first kappa shape index (κ1) is 20.0. The molecule has 1 N–H and O–H groups in total. The molecule has 5 nitrogen and oxygen atoms in total. The molecule has 0 aliphatic carbocycles. The van der Waals surface area contributed by atoms with E-state index in [0.717, 1.165) is 14.7 Å². The van der Waals surface area contributed by atoms with Gasteiger partial charge in [-0.25, -0.2) is 9.78 Å². The predicted molar refractivity (Wildman–Crippen MR) is 127 cm³/mol. The molecular weight excluding hydrogens is 491 g/mol. The van der Waals surface area contributed by atoms with Crippen molar-refractivity contribution in [3.8, 4) is 5.69 Å². The quantitative estimate of drug-likeness (QED) is 0.387. The van der Waals surface area contributed by atoms with Gasteiger partial charge >= 0.3 is 5.97 Å². The molecule has 30 heavy (non-hydrogen) atoms. The summed E-state index contributed by atoms with van der Waals surface area (Å²) in [5.74, 6) is -0.542. The molecule has 0 bridgehead atoms. The molecule has 0 atom stereocenters. The highest BCUT2D eigenvalue weighted by molar-refractivity contribution is 14.1. The summed E-state index contributed by atoms with van der Waals surface area (Å²) in [6, 6.07) is 19.7. The van der Waals surface area contributed by atoms with Gasteiger partial charge in [0.15, 0.2) is 0 Å². The zero-order valence-electron chi connectivity index (χ0n) is 16.0. The lowest BCUT2D eigenvalue weighted by Crippen LogP contribution is -2.22. The lowest BCUT2D eigenvalue weighted by Gasteiger charge is -2.12. The lowest BCUT2D eigenvalue weighted by atomic mass is 10.1. The van der Waals surface area contributed by atoms with E-state index in [-0.39, 0.29) is 11.1 Å². The Bertz CT molecular complexity index is 1360. The summed E-state index contributed by atoms with van der Waals surface area (Å²) in [6.07, 6.45) is 3.74. The first-order valence-electron chi connectivity index (χ1n) is 9.24. The van der Waals surface area contributed by atoms with Crippen molar-refractivity contribution < 1.29 is 9.90 Å². The van der Waals surface area contributed by atoms with Crippen molar-refractivity contribution in [3.63, 3.8) is 0 Å². The van der Waals surface area contributed by atoms with Gasteiger partial charge in [-0.15, -0.1) is 0 Å². The molecule has 0 aliphatic rings. The van der Waals surface area contributed by atoms with Crippen molar-refractivity contribution in [2.45, 2.75) is 6.92 Å². The Morgan fingerprint density at radius 3 is 2.47 bits per heavy atom. The number of rotatable bonds is 4. The molecule has 4 aromatic rings. The van der Waals surface area contributed by atoms with Crippen LogP contribution in [0.1, 0.15) is 27.3 Å². The van der Waals surface area contributed by atoms with E-state index in [1.807, 2.05) is 61.5 Å². The van der Waals surface area contributed by atoms with Crippen LogP contribution >= 0.6 is 22.6 Å². The molecule has 0 amide bonds. The maximum absolute atomic E-state index is 13.4. The molecule has 3 aromatic carbocycles. The molecule has 148 valence electrons. The Hall–Kier alpha value is -3.26. The van der Waals surface area contributed by atoms with Gasteiger partial charge < -0.3 is 5.11 Å². The third-order valence-electron chi connectivity index (χ3n) is 4.83. The van der Waals surface area contributed by atoms with Crippen LogP contribution in [0.4, 0.5) is 0 Å². The Kier molecular flexibility index (Phi) is 5.50. The number of aromatic carboxylic acids is 1. The summed E-state index contributed by atoms with van der Waals surface area (Å²) >= 11 is 2.16. The van der Waals surface area contributed by atoms with Gasteiger partial charge in [0, 0.05) is 3.57 Å². The molecule has 0 spiro atoms. The smallest absolute Gasteiger partial charge is 0.335 e. The van der Waals surface area contributed by atoms with Crippen LogP contribution in [0.25, 0.3) is 28.7 Å². The SMILES string of the molecule is Cc1ccccc1C=Cc1nc2ccc(I)cc2c(=O)n1-c1ccc(C(=O)O)cc1. The predicted octanol–water partition coefficient (Wildman–Crippen LogP) is 5.17. The van der Waals surface area contributed by atoms with Gasteiger partial charge in [-0.05, 0) is 89.2 Å². The van der Waals surface area contributed by atoms with Crippen LogP contribution in [-0.4, -0.2) is 20.6 Å². The highest BCUT2D eigenvalue weighted by Gasteiger charge is 2.12. The first-order chi connectivity index (χ1) is 14.4. The number of hydrogen-bond acceptors (Lipinski definition) is 3. The molecule has 0 saturated carbocycles. The highest BCUT2D eigenvalue weighted by Crippen LogP contribution is 2.19. The van der Waals surface area contributed by atoms with Gasteiger partial charge in [-0.1, -0.05) is 30.3 Å². The highest BCUT2D eigenvalue weighted by atomic mass is 127. The topological polar surface area (TPSA) is 72.2 Å². The molecule has 4 rings (SSSR count). The average Bonchev–Trinajstić information content (AvgIpc) is 2.74. The maximum atomic E-state index is 13.4. The third kappa shape index (κ3) is 3.91. The van der Waals surface area contributed by atoms with Crippen LogP contribution in [0, 0.1) is 10.5 Å². The summed E-state index contributed by atoms with van der Waals surface area (Å²) in [7, 11) is 0. The second kappa shape index (κ2) is 8.23. The minimum absolute atomic E-state index is 0.159. The van der Waals surface area contributed by atoms with Crippen molar-refractivity contribution in [1.82, 2.24) is 9.55 Å². The number of carboxylic acids is 1. The average molecular weight is 508 g/mol.